The number of benzene rings is 2. The Bertz CT molecular complexity index is 714. The Morgan fingerprint density at radius 1 is 1.17 bits per heavy atom. The van der Waals surface area contributed by atoms with Crippen LogP contribution >= 0.6 is 0 Å². The van der Waals surface area contributed by atoms with E-state index in [9.17, 15) is 4.79 Å². The van der Waals surface area contributed by atoms with Crippen molar-refractivity contribution in [2.75, 3.05) is 12.4 Å². The number of amides is 1. The third kappa shape index (κ3) is 2.65. The number of nitrogens with zero attached hydrogens (tertiary/aromatic N) is 1. The minimum atomic E-state index is -0.233. The maximum atomic E-state index is 13.0. The van der Waals surface area contributed by atoms with Crippen LogP contribution in [0.5, 0.6) is 5.75 Å². The fourth-order valence-electron chi connectivity index (χ4n) is 3.04. The Kier molecular flexibility index (Phi) is 4.24. The van der Waals surface area contributed by atoms with Gasteiger partial charge in [-0.3, -0.25) is 4.79 Å². The molecule has 1 aliphatic heterocycles. The van der Waals surface area contributed by atoms with E-state index in [0.717, 1.165) is 29.0 Å². The van der Waals surface area contributed by atoms with Gasteiger partial charge in [0.1, 0.15) is 11.9 Å². The summed E-state index contributed by atoms with van der Waals surface area (Å²) in [7, 11) is 1.66. The van der Waals surface area contributed by atoms with E-state index in [4.69, 9.17) is 4.74 Å². The maximum absolute atomic E-state index is 13.0. The van der Waals surface area contributed by atoms with E-state index in [1.807, 2.05) is 53.4 Å². The third-order valence-corrected chi connectivity index (χ3v) is 4.46. The molecular weight excluding hydrogens is 288 g/mol. The standard InChI is InChI=1S/C19H22N2O2/c1-4-13(2)21-18(15-10-6-8-12-17(15)23-3)20-16-11-7-5-9-14(16)19(21)22/h5-13,18,20H,4H2,1-3H3/t13-,18+/m0/s1. The normalized spacial score (nSPS) is 18.1. The third-order valence-electron chi connectivity index (χ3n) is 4.46. The summed E-state index contributed by atoms with van der Waals surface area (Å²) in [6, 6.07) is 15.6. The number of rotatable bonds is 4. The Morgan fingerprint density at radius 2 is 1.87 bits per heavy atom. The summed E-state index contributed by atoms with van der Waals surface area (Å²) in [5.74, 6) is 0.843. The number of fused-ring (bicyclic) bond motifs is 1. The summed E-state index contributed by atoms with van der Waals surface area (Å²) in [5.41, 5.74) is 2.56. The molecule has 0 unspecified atom stereocenters. The molecule has 0 radical (unpaired) electrons. The van der Waals surface area contributed by atoms with E-state index >= 15 is 0 Å². The monoisotopic (exact) mass is 310 g/mol. The summed E-state index contributed by atoms with van der Waals surface area (Å²) in [4.78, 5) is 15.0. The molecule has 4 nitrogen and oxygen atoms in total. The van der Waals surface area contributed by atoms with E-state index in [2.05, 4.69) is 19.2 Å². The van der Waals surface area contributed by atoms with Crippen molar-refractivity contribution in [3.05, 3.63) is 59.7 Å². The van der Waals surface area contributed by atoms with Crippen molar-refractivity contribution in [2.45, 2.75) is 32.5 Å². The van der Waals surface area contributed by atoms with Gasteiger partial charge in [-0.2, -0.15) is 0 Å². The summed E-state index contributed by atoms with van der Waals surface area (Å²) in [6.07, 6.45) is 0.657. The SMILES string of the molecule is CC[C@H](C)N1C(=O)c2ccccc2N[C@H]1c1ccccc1OC. The lowest BCUT2D eigenvalue weighted by atomic mass is 10.0. The molecule has 4 heteroatoms. The van der Waals surface area contributed by atoms with Gasteiger partial charge in [0.2, 0.25) is 0 Å². The second kappa shape index (κ2) is 6.32. The highest BCUT2D eigenvalue weighted by Gasteiger charge is 2.36. The van der Waals surface area contributed by atoms with Crippen LogP contribution in [-0.4, -0.2) is 24.0 Å². The van der Waals surface area contributed by atoms with E-state index in [-0.39, 0.29) is 18.1 Å². The first-order valence-corrected chi connectivity index (χ1v) is 7.98. The highest BCUT2D eigenvalue weighted by Crippen LogP contribution is 2.38. The number of para-hydroxylation sites is 2. The molecule has 1 heterocycles. The fraction of sp³-hybridized carbons (Fsp3) is 0.316. The Balaban J connectivity index is 2.12. The van der Waals surface area contributed by atoms with Crippen molar-refractivity contribution < 1.29 is 9.53 Å². The van der Waals surface area contributed by atoms with Gasteiger partial charge in [0.05, 0.1) is 12.7 Å². The molecule has 1 N–H and O–H groups in total. The predicted molar refractivity (Wildman–Crippen MR) is 91.7 cm³/mol. The number of hydrogen-bond donors (Lipinski definition) is 1. The molecule has 120 valence electrons. The molecule has 3 rings (SSSR count). The lowest BCUT2D eigenvalue weighted by Gasteiger charge is -2.41. The van der Waals surface area contributed by atoms with Crippen LogP contribution in [0.15, 0.2) is 48.5 Å². The molecule has 1 aliphatic rings. The lowest BCUT2D eigenvalue weighted by molar-refractivity contribution is 0.0591. The highest BCUT2D eigenvalue weighted by atomic mass is 16.5. The van der Waals surface area contributed by atoms with Gasteiger partial charge in [-0.05, 0) is 31.5 Å². The van der Waals surface area contributed by atoms with Gasteiger partial charge < -0.3 is 15.0 Å². The molecule has 2 aromatic carbocycles. The molecule has 0 bridgehead atoms. The molecule has 0 spiro atoms. The fourth-order valence-corrected chi connectivity index (χ4v) is 3.04. The Hall–Kier alpha value is -2.49. The van der Waals surface area contributed by atoms with Crippen molar-refractivity contribution in [1.82, 2.24) is 4.90 Å². The van der Waals surface area contributed by atoms with E-state index in [0.29, 0.717) is 0 Å². The van der Waals surface area contributed by atoms with Crippen LogP contribution in [0.1, 0.15) is 42.4 Å². The van der Waals surface area contributed by atoms with E-state index in [1.165, 1.54) is 0 Å². The predicted octanol–water partition coefficient (Wildman–Crippen LogP) is 4.06. The van der Waals surface area contributed by atoms with Gasteiger partial charge in [0, 0.05) is 17.3 Å². The Labute approximate surface area is 137 Å². The maximum Gasteiger partial charge on any atom is 0.258 e. The van der Waals surface area contributed by atoms with Crippen LogP contribution in [0.4, 0.5) is 5.69 Å². The quantitative estimate of drug-likeness (QED) is 0.926. The van der Waals surface area contributed by atoms with Crippen LogP contribution in [-0.2, 0) is 0 Å². The van der Waals surface area contributed by atoms with Crippen molar-refractivity contribution >= 4 is 11.6 Å². The van der Waals surface area contributed by atoms with Crippen LogP contribution in [0.3, 0.4) is 0 Å². The number of anilines is 1. The first kappa shape index (κ1) is 15.4. The minimum absolute atomic E-state index is 0.0598. The van der Waals surface area contributed by atoms with E-state index < -0.39 is 0 Å². The number of methoxy groups -OCH3 is 1. The van der Waals surface area contributed by atoms with Gasteiger partial charge in [0.15, 0.2) is 0 Å². The van der Waals surface area contributed by atoms with E-state index in [1.54, 1.807) is 7.11 Å². The molecular formula is C19H22N2O2. The number of carbonyl (C=O) groups is 1. The number of hydrogen-bond acceptors (Lipinski definition) is 3. The van der Waals surface area contributed by atoms with Gasteiger partial charge in [-0.25, -0.2) is 0 Å². The highest BCUT2D eigenvalue weighted by molar-refractivity contribution is 6.02. The first-order valence-electron chi connectivity index (χ1n) is 7.98. The summed E-state index contributed by atoms with van der Waals surface area (Å²) in [6.45, 7) is 4.17. The van der Waals surface area contributed by atoms with Crippen molar-refractivity contribution in [3.8, 4) is 5.75 Å². The van der Waals surface area contributed by atoms with Gasteiger partial charge in [0.25, 0.3) is 5.91 Å². The van der Waals surface area contributed by atoms with Crippen molar-refractivity contribution in [2.24, 2.45) is 0 Å². The zero-order chi connectivity index (χ0) is 16.4. The second-order valence-electron chi connectivity index (χ2n) is 5.80. The van der Waals surface area contributed by atoms with Crippen LogP contribution in [0, 0.1) is 0 Å². The van der Waals surface area contributed by atoms with Crippen LogP contribution in [0.25, 0.3) is 0 Å². The molecule has 0 aliphatic carbocycles. The number of carbonyl (C=O) groups excluding carboxylic acids is 1. The minimum Gasteiger partial charge on any atom is -0.496 e. The zero-order valence-corrected chi connectivity index (χ0v) is 13.7. The zero-order valence-electron chi connectivity index (χ0n) is 13.7. The molecule has 2 atom stereocenters. The largest absolute Gasteiger partial charge is 0.496 e. The molecule has 2 aromatic rings. The average Bonchev–Trinajstić information content (AvgIpc) is 2.61. The van der Waals surface area contributed by atoms with Crippen molar-refractivity contribution in [3.63, 3.8) is 0 Å². The number of ether oxygens (including phenoxy) is 1. The molecule has 0 saturated carbocycles. The summed E-state index contributed by atoms with van der Waals surface area (Å²) >= 11 is 0. The van der Waals surface area contributed by atoms with Gasteiger partial charge >= 0.3 is 0 Å². The number of nitrogens with one attached hydrogen (secondary N) is 1. The smallest absolute Gasteiger partial charge is 0.258 e. The lowest BCUT2D eigenvalue weighted by Crippen LogP contribution is -2.47. The molecule has 1 amide bonds. The average molecular weight is 310 g/mol. The van der Waals surface area contributed by atoms with Gasteiger partial charge in [-0.15, -0.1) is 0 Å². The molecule has 0 fully saturated rings. The van der Waals surface area contributed by atoms with Crippen LogP contribution in [0.2, 0.25) is 0 Å². The molecule has 0 saturated heterocycles. The molecule has 0 aromatic heterocycles. The van der Waals surface area contributed by atoms with Crippen LogP contribution < -0.4 is 10.1 Å². The van der Waals surface area contributed by atoms with Gasteiger partial charge in [-0.1, -0.05) is 37.3 Å². The van der Waals surface area contributed by atoms with Crippen molar-refractivity contribution in [1.29, 1.82) is 0 Å². The first-order chi connectivity index (χ1) is 11.2. The Morgan fingerprint density at radius 3 is 2.61 bits per heavy atom. The summed E-state index contributed by atoms with van der Waals surface area (Å²) in [5, 5.41) is 3.51. The molecule has 23 heavy (non-hydrogen) atoms. The summed E-state index contributed by atoms with van der Waals surface area (Å²) < 4.78 is 5.51. The topological polar surface area (TPSA) is 41.6 Å². The second-order valence-corrected chi connectivity index (χ2v) is 5.80.